The Balaban J connectivity index is 0.000000379. The summed E-state index contributed by atoms with van der Waals surface area (Å²) in [4.78, 5) is 2.59. The number of nitrogens with zero attached hydrogens (tertiary/aromatic N) is 1. The van der Waals surface area contributed by atoms with Gasteiger partial charge in [-0.1, -0.05) is 27.7 Å². The Hall–Kier alpha value is -0.0800. The van der Waals surface area contributed by atoms with Crippen molar-refractivity contribution in [2.45, 2.75) is 40.5 Å². The van der Waals surface area contributed by atoms with Crippen molar-refractivity contribution in [3.8, 4) is 0 Å². The maximum absolute atomic E-state index is 3.37. The van der Waals surface area contributed by atoms with Gasteiger partial charge in [-0.2, -0.15) is 0 Å². The van der Waals surface area contributed by atoms with Crippen LogP contribution in [0.1, 0.15) is 40.5 Å². The molecule has 1 aliphatic carbocycles. The van der Waals surface area contributed by atoms with Crippen molar-refractivity contribution < 1.29 is 0 Å². The summed E-state index contributed by atoms with van der Waals surface area (Å²) in [5.74, 6) is 1.07. The Bertz CT molecular complexity index is 105. The fraction of sp³-hybridized carbons (Fsp3) is 1.00. The van der Waals surface area contributed by atoms with E-state index < -0.39 is 0 Å². The molecule has 1 heterocycles. The van der Waals surface area contributed by atoms with Crippen molar-refractivity contribution in [2.75, 3.05) is 32.7 Å². The first-order chi connectivity index (χ1) is 6.95. The van der Waals surface area contributed by atoms with Crippen LogP contribution in [0.25, 0.3) is 0 Å². The first kappa shape index (κ1) is 13.9. The van der Waals surface area contributed by atoms with E-state index in [1.165, 1.54) is 45.6 Å². The Morgan fingerprint density at radius 2 is 1.50 bits per heavy atom. The van der Waals surface area contributed by atoms with E-state index >= 15 is 0 Å². The summed E-state index contributed by atoms with van der Waals surface area (Å²) >= 11 is 0. The van der Waals surface area contributed by atoms with E-state index in [1.54, 1.807) is 0 Å². The third-order valence-electron chi connectivity index (χ3n) is 2.42. The van der Waals surface area contributed by atoms with E-state index in [4.69, 9.17) is 0 Å². The van der Waals surface area contributed by atoms with Gasteiger partial charge in [0.1, 0.15) is 0 Å². The predicted molar refractivity (Wildman–Crippen MR) is 64.7 cm³/mol. The highest BCUT2D eigenvalue weighted by atomic mass is 15.2. The Kier molecular flexibility index (Phi) is 9.42. The number of hydrogen-bond acceptors (Lipinski definition) is 2. The summed E-state index contributed by atoms with van der Waals surface area (Å²) in [6, 6.07) is 0. The summed E-state index contributed by atoms with van der Waals surface area (Å²) in [5.41, 5.74) is 0. The van der Waals surface area contributed by atoms with Crippen molar-refractivity contribution in [2.24, 2.45) is 5.92 Å². The largest absolute Gasteiger partial charge is 0.314 e. The van der Waals surface area contributed by atoms with Gasteiger partial charge in [0.05, 0.1) is 0 Å². The van der Waals surface area contributed by atoms with E-state index in [2.05, 4.69) is 10.2 Å². The summed E-state index contributed by atoms with van der Waals surface area (Å²) in [5, 5.41) is 3.37. The van der Waals surface area contributed by atoms with Crippen LogP contribution in [-0.2, 0) is 0 Å². The fourth-order valence-corrected chi connectivity index (χ4v) is 1.56. The molecule has 2 aliphatic rings. The van der Waals surface area contributed by atoms with E-state index in [0.717, 1.165) is 5.92 Å². The maximum atomic E-state index is 3.37. The summed E-state index contributed by atoms with van der Waals surface area (Å²) < 4.78 is 0. The number of piperazine rings is 1. The molecule has 0 aromatic carbocycles. The van der Waals surface area contributed by atoms with Gasteiger partial charge in [0.15, 0.2) is 0 Å². The predicted octanol–water partition coefficient (Wildman–Crippen LogP) is 2.35. The molecular formula is C12H28N2. The molecule has 0 bridgehead atoms. The molecule has 2 nitrogen and oxygen atoms in total. The minimum absolute atomic E-state index is 1.07. The van der Waals surface area contributed by atoms with Crippen LogP contribution in [0.2, 0.25) is 0 Å². The SMILES string of the molecule is C1CN(CC2CC2)CCN1.CC.CC. The number of rotatable bonds is 2. The molecule has 0 amide bonds. The Morgan fingerprint density at radius 1 is 1.00 bits per heavy atom. The number of nitrogens with one attached hydrogen (secondary N) is 1. The van der Waals surface area contributed by atoms with Gasteiger partial charge in [-0.25, -0.2) is 0 Å². The second kappa shape index (κ2) is 9.47. The van der Waals surface area contributed by atoms with Crippen molar-refractivity contribution in [1.29, 1.82) is 0 Å². The lowest BCUT2D eigenvalue weighted by atomic mass is 10.3. The van der Waals surface area contributed by atoms with Crippen LogP contribution >= 0.6 is 0 Å². The van der Waals surface area contributed by atoms with Gasteiger partial charge in [-0.3, -0.25) is 0 Å². The molecule has 0 aromatic rings. The van der Waals surface area contributed by atoms with Crippen molar-refractivity contribution >= 4 is 0 Å². The zero-order chi connectivity index (χ0) is 10.8. The van der Waals surface area contributed by atoms with Crippen molar-refractivity contribution in [3.63, 3.8) is 0 Å². The summed E-state index contributed by atoms with van der Waals surface area (Å²) in [6.45, 7) is 14.3. The molecule has 1 N–H and O–H groups in total. The van der Waals surface area contributed by atoms with Crippen LogP contribution in [0, 0.1) is 5.92 Å². The van der Waals surface area contributed by atoms with Crippen molar-refractivity contribution in [3.05, 3.63) is 0 Å². The third-order valence-corrected chi connectivity index (χ3v) is 2.42. The monoisotopic (exact) mass is 200 g/mol. The fourth-order valence-electron chi connectivity index (χ4n) is 1.56. The highest BCUT2D eigenvalue weighted by Gasteiger charge is 2.24. The van der Waals surface area contributed by atoms with Gasteiger partial charge in [-0.05, 0) is 18.8 Å². The topological polar surface area (TPSA) is 15.3 Å². The molecule has 0 unspecified atom stereocenters. The first-order valence-electron chi connectivity index (χ1n) is 6.38. The average molecular weight is 200 g/mol. The smallest absolute Gasteiger partial charge is 0.0107 e. The Morgan fingerprint density at radius 3 is 1.93 bits per heavy atom. The molecule has 86 valence electrons. The molecular weight excluding hydrogens is 172 g/mol. The third kappa shape index (κ3) is 6.39. The van der Waals surface area contributed by atoms with Crippen LogP contribution in [0.15, 0.2) is 0 Å². The average Bonchev–Trinajstić information content (AvgIpc) is 3.09. The second-order valence-electron chi connectivity index (χ2n) is 3.49. The van der Waals surface area contributed by atoms with Crippen LogP contribution in [0.5, 0.6) is 0 Å². The molecule has 2 heteroatoms. The van der Waals surface area contributed by atoms with Crippen LogP contribution in [0.3, 0.4) is 0 Å². The zero-order valence-corrected chi connectivity index (χ0v) is 10.5. The summed E-state index contributed by atoms with van der Waals surface area (Å²) in [7, 11) is 0. The van der Waals surface area contributed by atoms with Gasteiger partial charge in [-0.15, -0.1) is 0 Å². The van der Waals surface area contributed by atoms with Crippen molar-refractivity contribution in [1.82, 2.24) is 10.2 Å². The molecule has 2 fully saturated rings. The normalized spacial score (nSPS) is 21.4. The molecule has 0 atom stereocenters. The number of hydrogen-bond donors (Lipinski definition) is 1. The molecule has 0 aromatic heterocycles. The molecule has 1 saturated heterocycles. The van der Waals surface area contributed by atoms with Gasteiger partial charge in [0.25, 0.3) is 0 Å². The minimum atomic E-state index is 1.07. The quantitative estimate of drug-likeness (QED) is 0.736. The maximum Gasteiger partial charge on any atom is 0.0107 e. The van der Waals surface area contributed by atoms with E-state index in [1.807, 2.05) is 27.7 Å². The van der Waals surface area contributed by atoms with Gasteiger partial charge in [0, 0.05) is 32.7 Å². The van der Waals surface area contributed by atoms with E-state index in [-0.39, 0.29) is 0 Å². The van der Waals surface area contributed by atoms with E-state index in [9.17, 15) is 0 Å². The van der Waals surface area contributed by atoms with Gasteiger partial charge < -0.3 is 10.2 Å². The lowest BCUT2D eigenvalue weighted by Crippen LogP contribution is -2.44. The van der Waals surface area contributed by atoms with Crippen LogP contribution in [-0.4, -0.2) is 37.6 Å². The van der Waals surface area contributed by atoms with Gasteiger partial charge >= 0.3 is 0 Å². The van der Waals surface area contributed by atoms with Crippen LogP contribution in [0.4, 0.5) is 0 Å². The highest BCUT2D eigenvalue weighted by Crippen LogP contribution is 2.29. The van der Waals surface area contributed by atoms with Gasteiger partial charge in [0.2, 0.25) is 0 Å². The van der Waals surface area contributed by atoms with E-state index in [0.29, 0.717) is 0 Å². The molecule has 0 spiro atoms. The summed E-state index contributed by atoms with van der Waals surface area (Å²) in [6.07, 6.45) is 2.98. The molecule has 14 heavy (non-hydrogen) atoms. The lowest BCUT2D eigenvalue weighted by molar-refractivity contribution is 0.232. The zero-order valence-electron chi connectivity index (χ0n) is 10.5. The second-order valence-corrected chi connectivity index (χ2v) is 3.49. The lowest BCUT2D eigenvalue weighted by Gasteiger charge is -2.26. The minimum Gasteiger partial charge on any atom is -0.314 e. The first-order valence-corrected chi connectivity index (χ1v) is 6.38. The molecule has 0 radical (unpaired) electrons. The van der Waals surface area contributed by atoms with Crippen LogP contribution < -0.4 is 5.32 Å². The molecule has 1 aliphatic heterocycles. The molecule has 2 rings (SSSR count). The molecule has 1 saturated carbocycles. The highest BCUT2D eigenvalue weighted by molar-refractivity contribution is 4.79. The Labute approximate surface area is 90.1 Å². The standard InChI is InChI=1S/C8H16N2.2C2H6/c1-2-8(1)7-10-5-3-9-4-6-10;2*1-2/h8-9H,1-7H2;2*1-2H3.